The van der Waals surface area contributed by atoms with Crippen LogP contribution in [0.2, 0.25) is 0 Å². The molecule has 12 nitrogen and oxygen atoms in total. The molecule has 1 aromatic carbocycles. The zero-order valence-corrected chi connectivity index (χ0v) is 19.6. The lowest BCUT2D eigenvalue weighted by Gasteiger charge is -2.16. The number of alkyl halides is 2. The van der Waals surface area contributed by atoms with Crippen molar-refractivity contribution in [2.45, 2.75) is 31.9 Å². The highest BCUT2D eigenvalue weighted by molar-refractivity contribution is 5.96. The van der Waals surface area contributed by atoms with E-state index in [2.05, 4.69) is 15.3 Å². The molecule has 0 saturated carbocycles. The van der Waals surface area contributed by atoms with E-state index in [1.807, 2.05) is 5.32 Å². The van der Waals surface area contributed by atoms with Crippen LogP contribution in [0.15, 0.2) is 47.4 Å². The van der Waals surface area contributed by atoms with E-state index in [1.165, 1.54) is 29.0 Å². The van der Waals surface area contributed by atoms with Gasteiger partial charge in [0.1, 0.15) is 41.2 Å². The highest BCUT2D eigenvalue weighted by Crippen LogP contribution is 2.26. The molecule has 0 saturated heterocycles. The second-order valence-electron chi connectivity index (χ2n) is 7.91. The third-order valence-corrected chi connectivity index (χ3v) is 5.05. The molecule has 38 heavy (non-hydrogen) atoms. The predicted octanol–water partition coefficient (Wildman–Crippen LogP) is 1.95. The first kappa shape index (κ1) is 27.8. The van der Waals surface area contributed by atoms with Crippen LogP contribution in [0.25, 0.3) is 11.0 Å². The Balaban J connectivity index is 1.79. The summed E-state index contributed by atoms with van der Waals surface area (Å²) in [4.78, 5) is 54.5. The van der Waals surface area contributed by atoms with Gasteiger partial charge in [-0.25, -0.2) is 22.9 Å². The van der Waals surface area contributed by atoms with Gasteiger partial charge in [0.15, 0.2) is 0 Å². The highest BCUT2D eigenvalue weighted by atomic mass is 19.3. The number of halogens is 3. The maximum Gasteiger partial charge on any atom is 0.405 e. The van der Waals surface area contributed by atoms with Gasteiger partial charge in [-0.1, -0.05) is 6.08 Å². The molecule has 15 heteroatoms. The number of nitrogens with two attached hydrogens (primary N) is 1. The molecule has 2 heterocycles. The summed E-state index contributed by atoms with van der Waals surface area (Å²) in [6.07, 6.45) is -0.268. The first-order chi connectivity index (χ1) is 18.0. The lowest BCUT2D eigenvalue weighted by atomic mass is 10.1. The topological polar surface area (TPSA) is 181 Å². The summed E-state index contributed by atoms with van der Waals surface area (Å²) in [5, 5.41) is 13.5. The minimum Gasteiger partial charge on any atom is -0.485 e. The van der Waals surface area contributed by atoms with E-state index >= 15 is 0 Å². The molecule has 2 aromatic heterocycles. The number of nitrogens with one attached hydrogen (secondary N) is 3. The molecule has 3 amide bonds. The Morgan fingerprint density at radius 1 is 1.29 bits per heavy atom. The SMILES string of the molecule is NC(=O)/C=C/CCC(NC(=O)O)C(=O)Nc1cccn(Cc2nc3c(OCC(F)F)cc(F)cc3[nH]2)c1=O. The fourth-order valence-electron chi connectivity index (χ4n) is 3.46. The van der Waals surface area contributed by atoms with Crippen molar-refractivity contribution in [1.29, 1.82) is 0 Å². The summed E-state index contributed by atoms with van der Waals surface area (Å²) < 4.78 is 45.1. The van der Waals surface area contributed by atoms with Gasteiger partial charge in [-0.3, -0.25) is 14.4 Å². The standard InChI is InChI=1S/C23H23F3N6O6/c24-12-8-15-20(16(9-12)38-11-17(25)26)31-19(28-15)10-32-7-3-5-14(22(32)35)29-21(34)13(30-23(36)37)4-1-2-6-18(27)33/h2-3,5-9,13,17,30H,1,4,10-11H2,(H2,27,33)(H,28,31)(H,29,34)(H,36,37)/b6-2+. The predicted molar refractivity (Wildman–Crippen MR) is 129 cm³/mol. The number of benzene rings is 1. The van der Waals surface area contributed by atoms with E-state index in [1.54, 1.807) is 0 Å². The molecule has 3 aromatic rings. The molecule has 1 unspecified atom stereocenters. The van der Waals surface area contributed by atoms with Crippen LogP contribution < -0.4 is 26.7 Å². The number of fused-ring (bicyclic) bond motifs is 1. The quantitative estimate of drug-likeness (QED) is 0.219. The van der Waals surface area contributed by atoms with Gasteiger partial charge in [-0.05, 0) is 37.1 Å². The number of pyridine rings is 1. The Kier molecular flexibility index (Phi) is 9.08. The third kappa shape index (κ3) is 7.59. The summed E-state index contributed by atoms with van der Waals surface area (Å²) in [5.41, 5.74) is 4.42. The number of rotatable bonds is 12. The van der Waals surface area contributed by atoms with E-state index in [-0.39, 0.29) is 47.7 Å². The number of nitrogens with zero attached hydrogens (tertiary/aromatic N) is 2. The van der Waals surface area contributed by atoms with Gasteiger partial charge in [0, 0.05) is 12.3 Å². The minimum atomic E-state index is -2.78. The largest absolute Gasteiger partial charge is 0.485 e. The molecule has 0 bridgehead atoms. The van der Waals surface area contributed by atoms with Crippen LogP contribution >= 0.6 is 0 Å². The van der Waals surface area contributed by atoms with Gasteiger partial charge < -0.3 is 35.8 Å². The summed E-state index contributed by atoms with van der Waals surface area (Å²) in [7, 11) is 0. The smallest absolute Gasteiger partial charge is 0.405 e. The van der Waals surface area contributed by atoms with E-state index < -0.39 is 48.4 Å². The van der Waals surface area contributed by atoms with Crippen LogP contribution in [0, 0.1) is 5.82 Å². The molecule has 3 rings (SSSR count). The number of ether oxygens (including phenoxy) is 1. The van der Waals surface area contributed by atoms with Crippen molar-refractivity contribution in [3.63, 3.8) is 0 Å². The van der Waals surface area contributed by atoms with Crippen molar-refractivity contribution in [2.24, 2.45) is 5.73 Å². The Morgan fingerprint density at radius 3 is 2.74 bits per heavy atom. The molecular formula is C23H23F3N6O6. The maximum atomic E-state index is 13.9. The van der Waals surface area contributed by atoms with Gasteiger partial charge in [0.25, 0.3) is 12.0 Å². The number of aromatic amines is 1. The van der Waals surface area contributed by atoms with Crippen molar-refractivity contribution in [3.8, 4) is 5.75 Å². The van der Waals surface area contributed by atoms with Crippen LogP contribution in [0.4, 0.5) is 23.7 Å². The number of hydrogen-bond donors (Lipinski definition) is 5. The number of allylic oxidation sites excluding steroid dienone is 1. The molecule has 0 spiro atoms. The lowest BCUT2D eigenvalue weighted by molar-refractivity contribution is -0.118. The summed E-state index contributed by atoms with van der Waals surface area (Å²) in [6, 6.07) is 3.53. The second-order valence-corrected chi connectivity index (χ2v) is 7.91. The van der Waals surface area contributed by atoms with Crippen molar-refractivity contribution >= 4 is 34.6 Å². The van der Waals surface area contributed by atoms with Crippen LogP contribution in [0.5, 0.6) is 5.75 Å². The maximum absolute atomic E-state index is 13.9. The number of H-pyrrole nitrogens is 1. The number of aromatic nitrogens is 3. The van der Waals surface area contributed by atoms with Crippen LogP contribution in [-0.4, -0.2) is 56.6 Å². The molecule has 0 aliphatic carbocycles. The molecule has 0 radical (unpaired) electrons. The summed E-state index contributed by atoms with van der Waals surface area (Å²) in [6.45, 7) is -1.12. The molecule has 6 N–H and O–H groups in total. The molecule has 0 aliphatic rings. The first-order valence-corrected chi connectivity index (χ1v) is 11.1. The number of hydrogen-bond acceptors (Lipinski definition) is 6. The van der Waals surface area contributed by atoms with Gasteiger partial charge in [0.2, 0.25) is 11.8 Å². The fraction of sp³-hybridized carbons (Fsp3) is 0.261. The minimum absolute atomic E-state index is 0.0194. The van der Waals surface area contributed by atoms with Crippen LogP contribution in [0.3, 0.4) is 0 Å². The van der Waals surface area contributed by atoms with E-state index in [4.69, 9.17) is 15.6 Å². The van der Waals surface area contributed by atoms with Crippen LogP contribution in [0.1, 0.15) is 18.7 Å². The second kappa shape index (κ2) is 12.4. The molecular weight excluding hydrogens is 513 g/mol. The van der Waals surface area contributed by atoms with E-state index in [0.29, 0.717) is 0 Å². The van der Waals surface area contributed by atoms with Gasteiger partial charge in [0.05, 0.1) is 12.1 Å². The normalized spacial score (nSPS) is 12.1. The number of carbonyl (C=O) groups is 3. The zero-order valence-electron chi connectivity index (χ0n) is 19.6. The first-order valence-electron chi connectivity index (χ1n) is 11.1. The summed E-state index contributed by atoms with van der Waals surface area (Å²) >= 11 is 0. The Hall–Kier alpha value is -4.82. The molecule has 0 fully saturated rings. The van der Waals surface area contributed by atoms with E-state index in [9.17, 15) is 32.3 Å². The number of carboxylic acid groups (broad SMARTS) is 1. The number of primary amides is 1. The van der Waals surface area contributed by atoms with E-state index in [0.717, 1.165) is 18.2 Å². The summed E-state index contributed by atoms with van der Waals surface area (Å²) in [5.74, 6) is -2.28. The van der Waals surface area contributed by atoms with Crippen molar-refractivity contribution < 1.29 is 37.4 Å². The number of imidazole rings is 1. The van der Waals surface area contributed by atoms with Gasteiger partial charge in [-0.15, -0.1) is 0 Å². The zero-order chi connectivity index (χ0) is 27.8. The number of anilines is 1. The van der Waals surface area contributed by atoms with Crippen molar-refractivity contribution in [2.75, 3.05) is 11.9 Å². The fourth-order valence-corrected chi connectivity index (χ4v) is 3.46. The monoisotopic (exact) mass is 536 g/mol. The van der Waals surface area contributed by atoms with Crippen LogP contribution in [-0.2, 0) is 16.1 Å². The van der Waals surface area contributed by atoms with Crippen molar-refractivity contribution in [3.05, 3.63) is 64.6 Å². The molecule has 0 aliphatic heterocycles. The van der Waals surface area contributed by atoms with Crippen molar-refractivity contribution in [1.82, 2.24) is 19.9 Å². The Morgan fingerprint density at radius 2 is 2.05 bits per heavy atom. The van der Waals surface area contributed by atoms with Gasteiger partial charge in [-0.2, -0.15) is 0 Å². The highest BCUT2D eigenvalue weighted by Gasteiger charge is 2.21. The number of carbonyl (C=O) groups excluding carboxylic acids is 2. The Bertz CT molecular complexity index is 1420. The Labute approximate surface area is 212 Å². The lowest BCUT2D eigenvalue weighted by Crippen LogP contribution is -2.44. The third-order valence-electron chi connectivity index (χ3n) is 5.05. The van der Waals surface area contributed by atoms with Gasteiger partial charge >= 0.3 is 6.09 Å². The molecule has 202 valence electrons. The average Bonchev–Trinajstić information content (AvgIpc) is 3.23. The average molecular weight is 536 g/mol. The molecule has 1 atom stereocenters. The number of amides is 3.